The van der Waals surface area contributed by atoms with Crippen LogP contribution >= 0.6 is 0 Å². The molecule has 2 aromatic carbocycles. The van der Waals surface area contributed by atoms with E-state index in [0.717, 1.165) is 5.56 Å². The first kappa shape index (κ1) is 24.3. The summed E-state index contributed by atoms with van der Waals surface area (Å²) in [5.41, 5.74) is 1.93. The van der Waals surface area contributed by atoms with Crippen molar-refractivity contribution < 1.29 is 22.7 Å². The number of benzene rings is 2. The third-order valence-corrected chi connectivity index (χ3v) is 6.70. The normalized spacial score (nSPS) is 16.1. The van der Waals surface area contributed by atoms with Crippen LogP contribution in [0.3, 0.4) is 0 Å². The van der Waals surface area contributed by atoms with Crippen LogP contribution in [0.4, 0.5) is 11.5 Å². The van der Waals surface area contributed by atoms with Crippen molar-refractivity contribution in [2.45, 2.75) is 31.3 Å². The maximum Gasteiger partial charge on any atom is 0.263 e. The zero-order chi connectivity index (χ0) is 25.0. The summed E-state index contributed by atoms with van der Waals surface area (Å²) in [5.74, 6) is -0.0716. The van der Waals surface area contributed by atoms with Crippen molar-refractivity contribution in [1.29, 1.82) is 0 Å². The molecule has 1 aromatic heterocycles. The lowest BCUT2D eigenvalue weighted by molar-refractivity contribution is -0.154. The number of sulfonamides is 1. The Labute approximate surface area is 203 Å². The quantitative estimate of drug-likeness (QED) is 0.514. The molecular weight excluding hydrogens is 470 g/mol. The number of aryl methyl sites for hydroxylation is 2. The number of anilines is 2. The van der Waals surface area contributed by atoms with E-state index in [9.17, 15) is 18.0 Å². The first-order valence-corrected chi connectivity index (χ1v) is 12.4. The lowest BCUT2D eigenvalue weighted by atomic mass is 10.1. The van der Waals surface area contributed by atoms with Gasteiger partial charge in [0.1, 0.15) is 24.3 Å². The van der Waals surface area contributed by atoms with Gasteiger partial charge < -0.3 is 15.0 Å². The highest BCUT2D eigenvalue weighted by atomic mass is 32.2. The Morgan fingerprint density at radius 2 is 1.80 bits per heavy atom. The van der Waals surface area contributed by atoms with Crippen molar-refractivity contribution in [1.82, 2.24) is 14.9 Å². The number of amides is 2. The Hall–Kier alpha value is -3.83. The third-order valence-electron chi connectivity index (χ3n) is 5.33. The lowest BCUT2D eigenvalue weighted by Crippen LogP contribution is -2.54. The Bertz CT molecular complexity index is 1310. The molecule has 1 atom stereocenters. The van der Waals surface area contributed by atoms with Crippen LogP contribution in [0.2, 0.25) is 0 Å². The molecule has 3 aromatic rings. The molecule has 2 amide bonds. The van der Waals surface area contributed by atoms with E-state index in [1.54, 1.807) is 13.8 Å². The highest BCUT2D eigenvalue weighted by molar-refractivity contribution is 7.92. The first-order valence-electron chi connectivity index (χ1n) is 10.9. The molecule has 0 bridgehead atoms. The van der Waals surface area contributed by atoms with Gasteiger partial charge in [0.2, 0.25) is 11.8 Å². The van der Waals surface area contributed by atoms with Gasteiger partial charge >= 0.3 is 0 Å². The number of carbonyl (C=O) groups is 2. The summed E-state index contributed by atoms with van der Waals surface area (Å²) in [6, 6.07) is 15.8. The van der Waals surface area contributed by atoms with Crippen LogP contribution in [0.5, 0.6) is 0 Å². The van der Waals surface area contributed by atoms with Crippen molar-refractivity contribution in [3.8, 4) is 0 Å². The van der Waals surface area contributed by atoms with Crippen LogP contribution in [-0.2, 0) is 30.9 Å². The number of rotatable bonds is 7. The van der Waals surface area contributed by atoms with E-state index in [1.807, 2.05) is 30.3 Å². The molecule has 0 aliphatic carbocycles. The van der Waals surface area contributed by atoms with Crippen LogP contribution in [-0.4, -0.2) is 54.4 Å². The minimum Gasteiger partial charge on any atom is -0.369 e. The van der Waals surface area contributed by atoms with Gasteiger partial charge in [-0.05, 0) is 43.7 Å². The van der Waals surface area contributed by atoms with Gasteiger partial charge in [0.15, 0.2) is 0 Å². The monoisotopic (exact) mass is 495 g/mol. The second-order valence-electron chi connectivity index (χ2n) is 8.10. The number of aromatic nitrogens is 2. The minimum atomic E-state index is -3.89. The Balaban J connectivity index is 1.45. The molecule has 35 heavy (non-hydrogen) atoms. The fourth-order valence-electron chi connectivity index (χ4n) is 3.71. The van der Waals surface area contributed by atoms with E-state index >= 15 is 0 Å². The Kier molecular flexibility index (Phi) is 7.08. The molecule has 0 spiro atoms. The zero-order valence-corrected chi connectivity index (χ0v) is 20.1. The van der Waals surface area contributed by atoms with Crippen molar-refractivity contribution in [2.75, 3.05) is 23.3 Å². The van der Waals surface area contributed by atoms with Crippen molar-refractivity contribution in [3.05, 3.63) is 77.7 Å². The van der Waals surface area contributed by atoms with E-state index in [2.05, 4.69) is 20.0 Å². The molecule has 2 N–H and O–H groups in total. The molecule has 2 heterocycles. The predicted molar refractivity (Wildman–Crippen MR) is 129 cm³/mol. The SMILES string of the molecule is Cc1cc(NS(=O)(=O)c2ccc(NC(=O)[C@H]3COCC(=O)N3Cc3ccccc3)cc2)nc(C)n1. The van der Waals surface area contributed by atoms with Crippen LogP contribution < -0.4 is 10.0 Å². The molecule has 0 saturated carbocycles. The average Bonchev–Trinajstić information content (AvgIpc) is 2.80. The largest absolute Gasteiger partial charge is 0.369 e. The molecule has 0 unspecified atom stereocenters. The summed E-state index contributed by atoms with van der Waals surface area (Å²) in [6.07, 6.45) is 0. The van der Waals surface area contributed by atoms with Crippen molar-refractivity contribution in [3.63, 3.8) is 0 Å². The number of ether oxygens (including phenoxy) is 1. The van der Waals surface area contributed by atoms with E-state index in [-0.39, 0.29) is 36.4 Å². The number of nitrogens with zero attached hydrogens (tertiary/aromatic N) is 3. The average molecular weight is 496 g/mol. The van der Waals surface area contributed by atoms with Gasteiger partial charge in [-0.25, -0.2) is 18.4 Å². The van der Waals surface area contributed by atoms with Crippen molar-refractivity contribution in [2.24, 2.45) is 0 Å². The second kappa shape index (κ2) is 10.2. The second-order valence-corrected chi connectivity index (χ2v) is 9.78. The summed E-state index contributed by atoms with van der Waals surface area (Å²) >= 11 is 0. The van der Waals surface area contributed by atoms with Crippen LogP contribution in [0.25, 0.3) is 0 Å². The summed E-state index contributed by atoms with van der Waals surface area (Å²) in [7, 11) is -3.89. The predicted octanol–water partition coefficient (Wildman–Crippen LogP) is 2.26. The molecule has 4 rings (SSSR count). The molecule has 1 aliphatic rings. The fourth-order valence-corrected chi connectivity index (χ4v) is 4.70. The standard InChI is InChI=1S/C24H25N5O5S/c1-16-12-22(26-17(2)25-16)28-35(32,33)20-10-8-19(9-11-20)27-24(31)21-14-34-15-23(30)29(21)13-18-6-4-3-5-7-18/h3-12,21H,13-15H2,1-2H3,(H,27,31)(H,25,26,28)/t21-/m1/s1. The summed E-state index contributed by atoms with van der Waals surface area (Å²) in [5, 5.41) is 2.74. The third kappa shape index (κ3) is 6.00. The van der Waals surface area contributed by atoms with E-state index in [0.29, 0.717) is 17.2 Å². The van der Waals surface area contributed by atoms with Gasteiger partial charge in [0.25, 0.3) is 10.0 Å². The highest BCUT2D eigenvalue weighted by Gasteiger charge is 2.34. The number of nitrogens with one attached hydrogen (secondary N) is 2. The molecule has 0 radical (unpaired) electrons. The fraction of sp³-hybridized carbons (Fsp3) is 0.250. The summed E-state index contributed by atoms with van der Waals surface area (Å²) < 4.78 is 33.2. The van der Waals surface area contributed by atoms with Crippen LogP contribution in [0, 0.1) is 13.8 Å². The van der Waals surface area contributed by atoms with E-state index in [4.69, 9.17) is 4.74 Å². The molecule has 1 fully saturated rings. The van der Waals surface area contributed by atoms with Gasteiger partial charge in [0.05, 0.1) is 11.5 Å². The molecule has 1 saturated heterocycles. The lowest BCUT2D eigenvalue weighted by Gasteiger charge is -2.34. The van der Waals surface area contributed by atoms with Crippen LogP contribution in [0.1, 0.15) is 17.1 Å². The molecule has 11 heteroatoms. The topological polar surface area (TPSA) is 131 Å². The maximum absolute atomic E-state index is 13.0. The Morgan fingerprint density at radius 3 is 2.49 bits per heavy atom. The molecule has 1 aliphatic heterocycles. The number of carbonyl (C=O) groups excluding carboxylic acids is 2. The smallest absolute Gasteiger partial charge is 0.263 e. The summed E-state index contributed by atoms with van der Waals surface area (Å²) in [4.78, 5) is 35.1. The summed E-state index contributed by atoms with van der Waals surface area (Å²) in [6.45, 7) is 3.69. The molecule has 182 valence electrons. The number of morpholine rings is 1. The Morgan fingerprint density at radius 1 is 1.09 bits per heavy atom. The molecular formula is C24H25N5O5S. The highest BCUT2D eigenvalue weighted by Crippen LogP contribution is 2.20. The molecule has 10 nitrogen and oxygen atoms in total. The zero-order valence-electron chi connectivity index (χ0n) is 19.3. The van der Waals surface area contributed by atoms with Crippen molar-refractivity contribution >= 4 is 33.3 Å². The number of hydrogen-bond acceptors (Lipinski definition) is 7. The van der Waals surface area contributed by atoms with Crippen LogP contribution in [0.15, 0.2) is 65.6 Å². The van der Waals surface area contributed by atoms with Gasteiger partial charge in [-0.15, -0.1) is 0 Å². The first-order chi connectivity index (χ1) is 16.7. The van der Waals surface area contributed by atoms with E-state index < -0.39 is 22.0 Å². The van der Waals surface area contributed by atoms with E-state index in [1.165, 1.54) is 35.2 Å². The van der Waals surface area contributed by atoms with Gasteiger partial charge in [-0.3, -0.25) is 14.3 Å². The van der Waals surface area contributed by atoms with Gasteiger partial charge in [-0.1, -0.05) is 30.3 Å². The maximum atomic E-state index is 13.0. The number of hydrogen-bond donors (Lipinski definition) is 2. The van der Waals surface area contributed by atoms with Gasteiger partial charge in [0, 0.05) is 24.0 Å². The van der Waals surface area contributed by atoms with Gasteiger partial charge in [-0.2, -0.15) is 0 Å². The minimum absolute atomic E-state index is 0.00583.